The molecule has 3 rings (SSSR count). The van der Waals surface area contributed by atoms with Gasteiger partial charge in [-0.3, -0.25) is 0 Å². The van der Waals surface area contributed by atoms with E-state index in [0.717, 1.165) is 20.6 Å². The number of rotatable bonds is 9. The van der Waals surface area contributed by atoms with Crippen LogP contribution in [0.3, 0.4) is 0 Å². The van der Waals surface area contributed by atoms with Crippen molar-refractivity contribution in [2.24, 2.45) is 0 Å². The highest BCUT2D eigenvalue weighted by Crippen LogP contribution is 2.26. The molecule has 1 aromatic heterocycles. The SMILES string of the molecule is C=CCNc1nnc(SCC(O)COc2ccc3ccccc3c2)s1. The van der Waals surface area contributed by atoms with Gasteiger partial charge in [0.2, 0.25) is 5.13 Å². The molecule has 0 radical (unpaired) electrons. The number of benzene rings is 2. The minimum Gasteiger partial charge on any atom is -0.491 e. The molecule has 1 unspecified atom stereocenters. The van der Waals surface area contributed by atoms with E-state index < -0.39 is 6.10 Å². The maximum absolute atomic E-state index is 10.1. The Morgan fingerprint density at radius 3 is 2.92 bits per heavy atom. The van der Waals surface area contributed by atoms with E-state index in [1.807, 2.05) is 36.4 Å². The molecule has 0 amide bonds. The van der Waals surface area contributed by atoms with Crippen molar-refractivity contribution in [3.05, 3.63) is 55.1 Å². The fourth-order valence-electron chi connectivity index (χ4n) is 2.16. The number of anilines is 1. The summed E-state index contributed by atoms with van der Waals surface area (Å²) in [5.41, 5.74) is 0. The van der Waals surface area contributed by atoms with Crippen molar-refractivity contribution in [2.75, 3.05) is 24.2 Å². The van der Waals surface area contributed by atoms with Crippen molar-refractivity contribution < 1.29 is 9.84 Å². The van der Waals surface area contributed by atoms with Crippen molar-refractivity contribution in [1.82, 2.24) is 10.2 Å². The summed E-state index contributed by atoms with van der Waals surface area (Å²) in [5.74, 6) is 1.26. The van der Waals surface area contributed by atoms with Gasteiger partial charge in [-0.05, 0) is 22.9 Å². The van der Waals surface area contributed by atoms with Crippen LogP contribution in [-0.2, 0) is 0 Å². The normalized spacial score (nSPS) is 12.0. The van der Waals surface area contributed by atoms with Crippen LogP contribution >= 0.6 is 23.1 Å². The van der Waals surface area contributed by atoms with Crippen LogP contribution in [0, 0.1) is 0 Å². The Hall–Kier alpha value is -2.09. The van der Waals surface area contributed by atoms with E-state index in [1.165, 1.54) is 28.5 Å². The third-order valence-corrected chi connectivity index (χ3v) is 5.53. The molecule has 2 aromatic carbocycles. The Morgan fingerprint density at radius 2 is 2.08 bits per heavy atom. The maximum Gasteiger partial charge on any atom is 0.206 e. The molecule has 0 saturated carbocycles. The van der Waals surface area contributed by atoms with Crippen LogP contribution in [-0.4, -0.2) is 40.3 Å². The zero-order valence-electron chi connectivity index (χ0n) is 13.6. The number of hydrogen-bond acceptors (Lipinski definition) is 7. The van der Waals surface area contributed by atoms with Crippen LogP contribution in [0.15, 0.2) is 59.5 Å². The van der Waals surface area contributed by atoms with E-state index in [1.54, 1.807) is 6.08 Å². The second kappa shape index (κ2) is 8.84. The zero-order chi connectivity index (χ0) is 17.5. The van der Waals surface area contributed by atoms with Crippen LogP contribution in [0.25, 0.3) is 10.8 Å². The molecule has 5 nitrogen and oxygen atoms in total. The monoisotopic (exact) mass is 373 g/mol. The number of ether oxygens (including phenoxy) is 1. The van der Waals surface area contributed by atoms with Crippen molar-refractivity contribution >= 4 is 39.0 Å². The first kappa shape index (κ1) is 17.7. The van der Waals surface area contributed by atoms with Gasteiger partial charge in [-0.25, -0.2) is 0 Å². The molecule has 3 aromatic rings. The lowest BCUT2D eigenvalue weighted by Gasteiger charge is -2.11. The molecule has 0 aliphatic rings. The standard InChI is InChI=1S/C18H19N3O2S2/c1-2-9-19-17-20-21-18(25-17)24-12-15(22)11-23-16-8-7-13-5-3-4-6-14(13)10-16/h2-8,10,15,22H,1,9,11-12H2,(H,19,20). The Morgan fingerprint density at radius 1 is 1.24 bits per heavy atom. The second-order valence-electron chi connectivity index (χ2n) is 5.33. The highest BCUT2D eigenvalue weighted by atomic mass is 32.2. The summed E-state index contributed by atoms with van der Waals surface area (Å²) in [4.78, 5) is 0. The fraction of sp³-hybridized carbons (Fsp3) is 0.222. The van der Waals surface area contributed by atoms with Gasteiger partial charge in [0.25, 0.3) is 0 Å². The molecule has 7 heteroatoms. The van der Waals surface area contributed by atoms with E-state index in [-0.39, 0.29) is 6.61 Å². The minimum atomic E-state index is -0.579. The lowest BCUT2D eigenvalue weighted by molar-refractivity contribution is 0.126. The quantitative estimate of drug-likeness (QED) is 0.439. The fourth-order valence-corrected chi connectivity index (χ4v) is 3.85. The number of nitrogens with one attached hydrogen (secondary N) is 1. The van der Waals surface area contributed by atoms with Crippen LogP contribution < -0.4 is 10.1 Å². The summed E-state index contributed by atoms with van der Waals surface area (Å²) in [5, 5.41) is 24.4. The van der Waals surface area contributed by atoms with E-state index in [9.17, 15) is 5.11 Å². The summed E-state index contributed by atoms with van der Waals surface area (Å²) in [6.07, 6.45) is 1.19. The van der Waals surface area contributed by atoms with E-state index in [4.69, 9.17) is 4.74 Å². The predicted octanol–water partition coefficient (Wildman–Crippen LogP) is 3.82. The van der Waals surface area contributed by atoms with Crippen LogP contribution in [0.1, 0.15) is 0 Å². The zero-order valence-corrected chi connectivity index (χ0v) is 15.2. The third kappa shape index (κ3) is 5.19. The largest absolute Gasteiger partial charge is 0.491 e. The van der Waals surface area contributed by atoms with Crippen LogP contribution in [0.5, 0.6) is 5.75 Å². The number of aliphatic hydroxyl groups excluding tert-OH is 1. The predicted molar refractivity (Wildman–Crippen MR) is 105 cm³/mol. The summed E-state index contributed by atoms with van der Waals surface area (Å²) in [7, 11) is 0. The first-order chi connectivity index (χ1) is 12.2. The van der Waals surface area contributed by atoms with Gasteiger partial charge < -0.3 is 15.2 Å². The molecule has 0 bridgehead atoms. The van der Waals surface area contributed by atoms with Gasteiger partial charge >= 0.3 is 0 Å². The summed E-state index contributed by atoms with van der Waals surface area (Å²) < 4.78 is 6.52. The van der Waals surface area contributed by atoms with Gasteiger partial charge in [0, 0.05) is 12.3 Å². The van der Waals surface area contributed by atoms with Gasteiger partial charge in [-0.2, -0.15) is 0 Å². The maximum atomic E-state index is 10.1. The van der Waals surface area contributed by atoms with Crippen molar-refractivity contribution in [3.8, 4) is 5.75 Å². The highest BCUT2D eigenvalue weighted by molar-refractivity contribution is 8.01. The number of fused-ring (bicyclic) bond motifs is 1. The number of nitrogens with zero attached hydrogens (tertiary/aromatic N) is 2. The van der Waals surface area contributed by atoms with Gasteiger partial charge in [0.15, 0.2) is 4.34 Å². The highest BCUT2D eigenvalue weighted by Gasteiger charge is 2.10. The second-order valence-corrected chi connectivity index (χ2v) is 7.57. The number of aliphatic hydroxyl groups is 1. The minimum absolute atomic E-state index is 0.242. The molecule has 0 fully saturated rings. The number of thioether (sulfide) groups is 1. The van der Waals surface area contributed by atoms with Gasteiger partial charge in [0.05, 0.1) is 6.10 Å². The van der Waals surface area contributed by atoms with Crippen molar-refractivity contribution in [3.63, 3.8) is 0 Å². The molecule has 0 saturated heterocycles. The number of aromatic nitrogens is 2. The average molecular weight is 374 g/mol. The lowest BCUT2D eigenvalue weighted by Crippen LogP contribution is -2.20. The van der Waals surface area contributed by atoms with E-state index in [2.05, 4.69) is 28.2 Å². The molecule has 0 aliphatic carbocycles. The van der Waals surface area contributed by atoms with E-state index in [0.29, 0.717) is 12.3 Å². The topological polar surface area (TPSA) is 67.3 Å². The first-order valence-electron chi connectivity index (χ1n) is 7.85. The molecule has 0 aliphatic heterocycles. The Balaban J connectivity index is 1.46. The average Bonchev–Trinajstić information content (AvgIpc) is 3.10. The summed E-state index contributed by atoms with van der Waals surface area (Å²) in [6, 6.07) is 14.0. The van der Waals surface area contributed by atoms with Crippen molar-refractivity contribution in [1.29, 1.82) is 0 Å². The van der Waals surface area contributed by atoms with E-state index >= 15 is 0 Å². The third-order valence-electron chi connectivity index (χ3n) is 3.37. The molecule has 1 heterocycles. The summed E-state index contributed by atoms with van der Waals surface area (Å²) >= 11 is 2.93. The molecule has 1 atom stereocenters. The number of hydrogen-bond donors (Lipinski definition) is 2. The van der Waals surface area contributed by atoms with Gasteiger partial charge in [-0.15, -0.1) is 16.8 Å². The molecule has 0 spiro atoms. The van der Waals surface area contributed by atoms with Crippen LogP contribution in [0.4, 0.5) is 5.13 Å². The lowest BCUT2D eigenvalue weighted by atomic mass is 10.1. The molecule has 130 valence electrons. The smallest absolute Gasteiger partial charge is 0.206 e. The Labute approximate surface area is 154 Å². The van der Waals surface area contributed by atoms with Gasteiger partial charge in [0.1, 0.15) is 12.4 Å². The molecular formula is C18H19N3O2S2. The first-order valence-corrected chi connectivity index (χ1v) is 9.65. The Kier molecular flexibility index (Phi) is 6.27. The van der Waals surface area contributed by atoms with Crippen LogP contribution in [0.2, 0.25) is 0 Å². The Bertz CT molecular complexity index is 838. The molecular weight excluding hydrogens is 354 g/mol. The molecule has 2 N–H and O–H groups in total. The molecule has 25 heavy (non-hydrogen) atoms. The van der Waals surface area contributed by atoms with Gasteiger partial charge in [-0.1, -0.05) is 59.5 Å². The van der Waals surface area contributed by atoms with Crippen molar-refractivity contribution in [2.45, 2.75) is 10.4 Å². The summed E-state index contributed by atoms with van der Waals surface area (Å²) in [6.45, 7) is 4.54.